The molecule has 0 bridgehead atoms. The second-order valence-electron chi connectivity index (χ2n) is 5.69. The molecule has 1 aromatic carbocycles. The first-order valence-corrected chi connectivity index (χ1v) is 8.24. The molecule has 1 aliphatic heterocycles. The van der Waals surface area contributed by atoms with Crippen LogP contribution in [0.4, 0.5) is 0 Å². The quantitative estimate of drug-likeness (QED) is 0.723. The van der Waals surface area contributed by atoms with E-state index < -0.39 is 35.3 Å². The molecule has 3 rings (SSSR count). The number of piperidine rings is 1. The Hall–Kier alpha value is -2.69. The fourth-order valence-corrected chi connectivity index (χ4v) is 3.94. The van der Waals surface area contributed by atoms with Crippen LogP contribution in [0.25, 0.3) is 0 Å². The molecule has 0 aliphatic carbocycles. The molecular weight excluding hydrogens is 326 g/mol. The summed E-state index contributed by atoms with van der Waals surface area (Å²) >= 11 is 1.38. The van der Waals surface area contributed by atoms with E-state index in [1.807, 2.05) is 0 Å². The molecule has 0 saturated carbocycles. The summed E-state index contributed by atoms with van der Waals surface area (Å²) in [5.74, 6) is -4.61. The van der Waals surface area contributed by atoms with E-state index in [0.717, 1.165) is 0 Å². The van der Waals surface area contributed by atoms with Crippen molar-refractivity contribution >= 4 is 23.2 Å². The van der Waals surface area contributed by atoms with Gasteiger partial charge < -0.3 is 16.2 Å². The summed E-state index contributed by atoms with van der Waals surface area (Å²) < 4.78 is 0. The summed E-state index contributed by atoms with van der Waals surface area (Å²) in [7, 11) is 0. The first-order chi connectivity index (χ1) is 11.5. The van der Waals surface area contributed by atoms with Crippen molar-refractivity contribution < 1.29 is 14.7 Å². The molecule has 4 N–H and O–H groups in total. The average Bonchev–Trinajstić information content (AvgIpc) is 3.08. The molecule has 4 atom stereocenters. The Bertz CT molecular complexity index is 800. The van der Waals surface area contributed by atoms with E-state index in [1.54, 1.807) is 47.2 Å². The number of nitriles is 1. The van der Waals surface area contributed by atoms with Crippen LogP contribution in [0.1, 0.15) is 17.0 Å². The van der Waals surface area contributed by atoms with Crippen LogP contribution in [0.5, 0.6) is 0 Å². The second kappa shape index (κ2) is 6.07. The predicted octanol–water partition coefficient (Wildman–Crippen LogP) is 1.05. The van der Waals surface area contributed by atoms with Gasteiger partial charge in [0.15, 0.2) is 5.72 Å². The van der Waals surface area contributed by atoms with E-state index in [2.05, 4.69) is 11.4 Å². The third-order valence-corrected chi connectivity index (χ3v) is 5.05. The number of primary amides is 1. The number of nitrogens with one attached hydrogen (secondary N) is 1. The lowest BCUT2D eigenvalue weighted by Gasteiger charge is -2.44. The Morgan fingerprint density at radius 1 is 1.33 bits per heavy atom. The molecule has 1 saturated heterocycles. The van der Waals surface area contributed by atoms with Crippen molar-refractivity contribution in [3.8, 4) is 6.07 Å². The number of carbonyl (C=O) groups excluding carboxylic acids is 2. The lowest BCUT2D eigenvalue weighted by atomic mass is 9.68. The number of rotatable bonds is 3. The van der Waals surface area contributed by atoms with Crippen molar-refractivity contribution in [2.45, 2.75) is 11.6 Å². The molecule has 0 radical (unpaired) electrons. The molecule has 2 heterocycles. The van der Waals surface area contributed by atoms with Crippen molar-refractivity contribution in [1.82, 2.24) is 5.32 Å². The van der Waals surface area contributed by atoms with Gasteiger partial charge in [-0.05, 0) is 22.4 Å². The van der Waals surface area contributed by atoms with Crippen LogP contribution >= 0.6 is 11.3 Å². The maximum absolute atomic E-state index is 12.5. The zero-order valence-electron chi connectivity index (χ0n) is 12.5. The number of hydrogen-bond donors (Lipinski definition) is 3. The van der Waals surface area contributed by atoms with E-state index in [-0.39, 0.29) is 0 Å². The summed E-state index contributed by atoms with van der Waals surface area (Å²) in [4.78, 5) is 24.4. The van der Waals surface area contributed by atoms with E-state index in [9.17, 15) is 20.0 Å². The Kier molecular flexibility index (Phi) is 4.09. The number of carbonyl (C=O) groups is 2. The minimum atomic E-state index is -1.90. The molecule has 0 unspecified atom stereocenters. The highest BCUT2D eigenvalue weighted by Crippen LogP contribution is 2.45. The smallest absolute Gasteiger partial charge is 0.235 e. The largest absolute Gasteiger partial charge is 0.369 e. The number of amides is 2. The standard InChI is InChI=1S/C17H15N3O3S/c18-8-12-13(10-6-7-24-9-10)14(15(19)21)16(22)20-17(12,23)11-4-2-1-3-5-11/h1-7,9,12-14,23H,(H2,19,21)(H,20,22)/t12-,13-,14+,17+/m0/s1. The van der Waals surface area contributed by atoms with Gasteiger partial charge in [0, 0.05) is 11.5 Å². The molecule has 1 aliphatic rings. The molecule has 2 aromatic rings. The molecular formula is C17H15N3O3S. The minimum Gasteiger partial charge on any atom is -0.369 e. The molecule has 7 heteroatoms. The number of thiophene rings is 1. The van der Waals surface area contributed by atoms with Gasteiger partial charge in [-0.3, -0.25) is 9.59 Å². The summed E-state index contributed by atoms with van der Waals surface area (Å²) in [6.45, 7) is 0. The maximum Gasteiger partial charge on any atom is 0.235 e. The lowest BCUT2D eigenvalue weighted by molar-refractivity contribution is -0.153. The highest BCUT2D eigenvalue weighted by atomic mass is 32.1. The van der Waals surface area contributed by atoms with Crippen LogP contribution in [-0.2, 0) is 15.3 Å². The van der Waals surface area contributed by atoms with Gasteiger partial charge in [-0.1, -0.05) is 30.3 Å². The van der Waals surface area contributed by atoms with Crippen molar-refractivity contribution in [3.63, 3.8) is 0 Å². The van der Waals surface area contributed by atoms with Gasteiger partial charge in [0.05, 0.1) is 6.07 Å². The van der Waals surface area contributed by atoms with Gasteiger partial charge in [-0.2, -0.15) is 16.6 Å². The van der Waals surface area contributed by atoms with E-state index in [4.69, 9.17) is 5.73 Å². The highest BCUT2D eigenvalue weighted by Gasteiger charge is 2.55. The van der Waals surface area contributed by atoms with Gasteiger partial charge in [0.1, 0.15) is 11.8 Å². The number of benzene rings is 1. The molecule has 24 heavy (non-hydrogen) atoms. The first-order valence-electron chi connectivity index (χ1n) is 7.30. The lowest BCUT2D eigenvalue weighted by Crippen LogP contribution is -2.62. The van der Waals surface area contributed by atoms with Gasteiger partial charge in [0.25, 0.3) is 0 Å². The number of aliphatic hydroxyl groups is 1. The van der Waals surface area contributed by atoms with Crippen molar-refractivity contribution in [1.29, 1.82) is 5.26 Å². The average molecular weight is 341 g/mol. The fraction of sp³-hybridized carbons (Fsp3) is 0.235. The van der Waals surface area contributed by atoms with Crippen molar-refractivity contribution in [2.24, 2.45) is 17.6 Å². The Morgan fingerprint density at radius 2 is 2.04 bits per heavy atom. The summed E-state index contributed by atoms with van der Waals surface area (Å²) in [6.07, 6.45) is 0. The van der Waals surface area contributed by atoms with E-state index in [0.29, 0.717) is 11.1 Å². The summed E-state index contributed by atoms with van der Waals surface area (Å²) in [6, 6.07) is 12.2. The SMILES string of the molecule is N#C[C@H]1[C@H](c2ccsc2)[C@H](C(N)=O)C(=O)N[C@@]1(O)c1ccccc1. The minimum absolute atomic E-state index is 0.382. The van der Waals surface area contributed by atoms with Gasteiger partial charge in [0.2, 0.25) is 11.8 Å². The predicted molar refractivity (Wildman–Crippen MR) is 87.3 cm³/mol. The molecule has 122 valence electrons. The van der Waals surface area contributed by atoms with Crippen LogP contribution in [0.2, 0.25) is 0 Å². The van der Waals surface area contributed by atoms with E-state index >= 15 is 0 Å². The molecule has 1 aromatic heterocycles. The van der Waals surface area contributed by atoms with Crippen LogP contribution in [0, 0.1) is 23.2 Å². The van der Waals surface area contributed by atoms with Gasteiger partial charge in [-0.25, -0.2) is 0 Å². The zero-order chi connectivity index (χ0) is 17.3. The maximum atomic E-state index is 12.5. The molecule has 2 amide bonds. The number of nitrogens with two attached hydrogens (primary N) is 1. The second-order valence-corrected chi connectivity index (χ2v) is 6.47. The topological polar surface area (TPSA) is 116 Å². The fourth-order valence-electron chi connectivity index (χ4n) is 3.23. The Morgan fingerprint density at radius 3 is 2.58 bits per heavy atom. The molecule has 6 nitrogen and oxygen atoms in total. The molecule has 1 fully saturated rings. The summed E-state index contributed by atoms with van der Waals surface area (Å²) in [5, 5.41) is 26.8. The Balaban J connectivity index is 2.17. The van der Waals surface area contributed by atoms with Crippen LogP contribution < -0.4 is 11.1 Å². The van der Waals surface area contributed by atoms with Crippen LogP contribution in [-0.4, -0.2) is 16.9 Å². The summed E-state index contributed by atoms with van der Waals surface area (Å²) in [5.41, 5.74) is 4.53. The highest BCUT2D eigenvalue weighted by molar-refractivity contribution is 7.08. The van der Waals surface area contributed by atoms with Crippen molar-refractivity contribution in [3.05, 3.63) is 58.3 Å². The monoisotopic (exact) mass is 341 g/mol. The normalized spacial score (nSPS) is 29.5. The molecule has 0 spiro atoms. The third kappa shape index (κ3) is 2.46. The Labute approximate surface area is 142 Å². The first kappa shape index (κ1) is 16.2. The van der Waals surface area contributed by atoms with E-state index in [1.165, 1.54) is 11.3 Å². The van der Waals surface area contributed by atoms with Gasteiger partial charge >= 0.3 is 0 Å². The number of hydrogen-bond acceptors (Lipinski definition) is 5. The van der Waals surface area contributed by atoms with Crippen molar-refractivity contribution in [2.75, 3.05) is 0 Å². The third-order valence-electron chi connectivity index (χ3n) is 4.35. The number of nitrogens with zero attached hydrogens (tertiary/aromatic N) is 1. The van der Waals surface area contributed by atoms with Crippen LogP contribution in [0.3, 0.4) is 0 Å². The van der Waals surface area contributed by atoms with Gasteiger partial charge in [-0.15, -0.1) is 0 Å². The van der Waals surface area contributed by atoms with Crippen LogP contribution in [0.15, 0.2) is 47.2 Å². The zero-order valence-corrected chi connectivity index (χ0v) is 13.4.